The molecule has 0 saturated carbocycles. The van der Waals surface area contributed by atoms with Crippen LogP contribution in [0.15, 0.2) is 192 Å². The van der Waals surface area contributed by atoms with E-state index in [2.05, 4.69) is 163 Å². The normalized spacial score (nSPS) is 11.6. The Morgan fingerprint density at radius 3 is 1.82 bits per heavy atom. The zero-order valence-corrected chi connectivity index (χ0v) is 33.2. The number of hydrogen-bond donors (Lipinski definition) is 0. The van der Waals surface area contributed by atoms with Crippen LogP contribution in [0, 0.1) is 0 Å². The number of unbranched alkanes of at least 4 members (excludes halogenated alkanes) is 1. The Labute approximate surface area is 348 Å². The van der Waals surface area contributed by atoms with Crippen molar-refractivity contribution in [3.05, 3.63) is 194 Å². The Balaban J connectivity index is 1.04. The van der Waals surface area contributed by atoms with Crippen molar-refractivity contribution < 1.29 is 4.42 Å². The first kappa shape index (κ1) is 35.5. The molecule has 0 N–H and O–H groups in total. The summed E-state index contributed by atoms with van der Waals surface area (Å²) < 4.78 is 8.99. The standard InChI is InChI=1S/C55H40N4O/c1-2-3-14-36-25-32-51-48(33-36)47-23-13-22-44(52(47)60-51)41-30-31-46-45-21-10-11-24-49(45)59(50(46)35-41)43-20-12-19-42(34-43)55-57-53(39-17-8-5-9-18-39)56-54(58-55)40-28-26-38(27-29-40)37-15-6-4-7-16-37/h4-13,15-35H,2-3,14H2,1H3. The van der Waals surface area contributed by atoms with E-state index in [9.17, 15) is 0 Å². The first-order valence-electron chi connectivity index (χ1n) is 20.7. The second kappa shape index (κ2) is 14.9. The van der Waals surface area contributed by atoms with Gasteiger partial charge in [0.25, 0.3) is 0 Å². The molecule has 0 bridgehead atoms. The lowest BCUT2D eigenvalue weighted by atomic mass is 10.00. The van der Waals surface area contributed by atoms with E-state index in [0.717, 1.165) is 73.1 Å². The second-order valence-corrected chi connectivity index (χ2v) is 15.5. The molecule has 8 aromatic carbocycles. The number of benzene rings is 8. The van der Waals surface area contributed by atoms with E-state index < -0.39 is 0 Å². The van der Waals surface area contributed by atoms with E-state index in [1.54, 1.807) is 0 Å². The highest BCUT2D eigenvalue weighted by molar-refractivity contribution is 6.13. The van der Waals surface area contributed by atoms with Gasteiger partial charge in [0.2, 0.25) is 0 Å². The third-order valence-electron chi connectivity index (χ3n) is 11.6. The fourth-order valence-electron chi connectivity index (χ4n) is 8.60. The van der Waals surface area contributed by atoms with Gasteiger partial charge >= 0.3 is 0 Å². The van der Waals surface area contributed by atoms with E-state index in [1.165, 1.54) is 40.1 Å². The number of nitrogens with zero attached hydrogens (tertiary/aromatic N) is 4. The zero-order chi connectivity index (χ0) is 40.0. The van der Waals surface area contributed by atoms with E-state index in [-0.39, 0.29) is 0 Å². The molecule has 0 aliphatic rings. The zero-order valence-electron chi connectivity index (χ0n) is 33.2. The first-order valence-corrected chi connectivity index (χ1v) is 20.7. The van der Waals surface area contributed by atoms with Gasteiger partial charge < -0.3 is 8.98 Å². The molecule has 60 heavy (non-hydrogen) atoms. The molecule has 11 rings (SSSR count). The van der Waals surface area contributed by atoms with Crippen molar-refractivity contribution in [2.24, 2.45) is 0 Å². The van der Waals surface area contributed by atoms with Crippen molar-refractivity contribution >= 4 is 43.7 Å². The number of fused-ring (bicyclic) bond motifs is 6. The number of aryl methyl sites for hydroxylation is 1. The summed E-state index contributed by atoms with van der Waals surface area (Å²) >= 11 is 0. The molecule has 0 aliphatic carbocycles. The molecule has 0 unspecified atom stereocenters. The van der Waals surface area contributed by atoms with Gasteiger partial charge in [-0.25, -0.2) is 15.0 Å². The Kier molecular flexibility index (Phi) is 8.85. The van der Waals surface area contributed by atoms with Crippen LogP contribution in [0.4, 0.5) is 0 Å². The molecule has 0 amide bonds. The number of para-hydroxylation sites is 2. The molecule has 0 radical (unpaired) electrons. The minimum Gasteiger partial charge on any atom is -0.455 e. The van der Waals surface area contributed by atoms with Crippen molar-refractivity contribution in [2.45, 2.75) is 26.2 Å². The van der Waals surface area contributed by atoms with Gasteiger partial charge in [-0.3, -0.25) is 0 Å². The molecule has 5 heteroatoms. The van der Waals surface area contributed by atoms with Crippen LogP contribution in [0.1, 0.15) is 25.3 Å². The largest absolute Gasteiger partial charge is 0.455 e. The van der Waals surface area contributed by atoms with Gasteiger partial charge in [-0.2, -0.15) is 0 Å². The lowest BCUT2D eigenvalue weighted by Gasteiger charge is -2.12. The summed E-state index contributed by atoms with van der Waals surface area (Å²) in [6.07, 6.45) is 3.43. The molecule has 0 atom stereocenters. The molecule has 0 aliphatic heterocycles. The summed E-state index contributed by atoms with van der Waals surface area (Å²) in [6, 6.07) is 66.2. The Morgan fingerprint density at radius 1 is 0.433 bits per heavy atom. The van der Waals surface area contributed by atoms with Crippen LogP contribution in [0.2, 0.25) is 0 Å². The summed E-state index contributed by atoms with van der Waals surface area (Å²) in [4.78, 5) is 15.2. The van der Waals surface area contributed by atoms with Gasteiger partial charge in [0, 0.05) is 49.5 Å². The molecular weight excluding hydrogens is 733 g/mol. The van der Waals surface area contributed by atoms with Crippen LogP contribution in [0.5, 0.6) is 0 Å². The number of rotatable bonds is 9. The average Bonchev–Trinajstić information content (AvgIpc) is 3.86. The Hall–Kier alpha value is -7.63. The molecule has 0 fully saturated rings. The molecule has 0 spiro atoms. The van der Waals surface area contributed by atoms with E-state index in [1.807, 2.05) is 36.4 Å². The third-order valence-corrected chi connectivity index (χ3v) is 11.6. The van der Waals surface area contributed by atoms with Gasteiger partial charge in [-0.15, -0.1) is 0 Å². The van der Waals surface area contributed by atoms with Gasteiger partial charge in [0.05, 0.1) is 11.0 Å². The summed E-state index contributed by atoms with van der Waals surface area (Å²) in [6.45, 7) is 2.24. The smallest absolute Gasteiger partial charge is 0.164 e. The van der Waals surface area contributed by atoms with Crippen molar-refractivity contribution in [3.63, 3.8) is 0 Å². The summed E-state index contributed by atoms with van der Waals surface area (Å²) in [5.41, 5.74) is 13.7. The van der Waals surface area contributed by atoms with Crippen molar-refractivity contribution in [2.75, 3.05) is 0 Å². The Bertz CT molecular complexity index is 3350. The van der Waals surface area contributed by atoms with Crippen LogP contribution < -0.4 is 0 Å². The molecule has 286 valence electrons. The van der Waals surface area contributed by atoms with Gasteiger partial charge in [0.15, 0.2) is 17.5 Å². The second-order valence-electron chi connectivity index (χ2n) is 15.5. The highest BCUT2D eigenvalue weighted by Crippen LogP contribution is 2.40. The maximum Gasteiger partial charge on any atom is 0.164 e. The first-order chi connectivity index (χ1) is 29.7. The fourth-order valence-corrected chi connectivity index (χ4v) is 8.60. The van der Waals surface area contributed by atoms with Crippen molar-refractivity contribution in [3.8, 4) is 62.1 Å². The monoisotopic (exact) mass is 772 g/mol. The predicted octanol–water partition coefficient (Wildman–Crippen LogP) is 14.5. The highest BCUT2D eigenvalue weighted by Gasteiger charge is 2.18. The van der Waals surface area contributed by atoms with E-state index >= 15 is 0 Å². The predicted molar refractivity (Wildman–Crippen MR) is 247 cm³/mol. The van der Waals surface area contributed by atoms with Crippen molar-refractivity contribution in [1.82, 2.24) is 19.5 Å². The van der Waals surface area contributed by atoms with Crippen LogP contribution in [-0.2, 0) is 6.42 Å². The highest BCUT2D eigenvalue weighted by atomic mass is 16.3. The average molecular weight is 773 g/mol. The van der Waals surface area contributed by atoms with Crippen LogP contribution >= 0.6 is 0 Å². The van der Waals surface area contributed by atoms with Gasteiger partial charge in [-0.05, 0) is 71.5 Å². The van der Waals surface area contributed by atoms with Crippen molar-refractivity contribution in [1.29, 1.82) is 0 Å². The molecule has 5 nitrogen and oxygen atoms in total. The van der Waals surface area contributed by atoms with Gasteiger partial charge in [-0.1, -0.05) is 165 Å². The quantitative estimate of drug-likeness (QED) is 0.147. The lowest BCUT2D eigenvalue weighted by Crippen LogP contribution is -2.01. The van der Waals surface area contributed by atoms with Crippen LogP contribution in [0.25, 0.3) is 106 Å². The van der Waals surface area contributed by atoms with Gasteiger partial charge in [0.1, 0.15) is 11.2 Å². The third kappa shape index (κ3) is 6.32. The SMILES string of the molecule is CCCCc1ccc2oc3c(-c4ccc5c6ccccc6n(-c6cccc(-c7nc(-c8ccccc8)nc(-c8ccc(-c9ccccc9)cc8)n7)c6)c5c4)cccc3c2c1. The summed E-state index contributed by atoms with van der Waals surface area (Å²) in [7, 11) is 0. The van der Waals surface area contributed by atoms with E-state index in [0.29, 0.717) is 17.5 Å². The van der Waals surface area contributed by atoms with Crippen LogP contribution in [0.3, 0.4) is 0 Å². The van der Waals surface area contributed by atoms with Crippen LogP contribution in [-0.4, -0.2) is 19.5 Å². The molecule has 3 aromatic heterocycles. The Morgan fingerprint density at radius 2 is 1.03 bits per heavy atom. The minimum absolute atomic E-state index is 0.615. The maximum absolute atomic E-state index is 6.63. The molecule has 11 aromatic rings. The minimum atomic E-state index is 0.615. The molecule has 0 saturated heterocycles. The topological polar surface area (TPSA) is 56.7 Å². The number of aromatic nitrogens is 4. The van der Waals surface area contributed by atoms with E-state index in [4.69, 9.17) is 19.4 Å². The lowest BCUT2D eigenvalue weighted by molar-refractivity contribution is 0.669. The fraction of sp³-hybridized carbons (Fsp3) is 0.0727. The molecule has 3 heterocycles. The summed E-state index contributed by atoms with van der Waals surface area (Å²) in [5.74, 6) is 1.87. The maximum atomic E-state index is 6.63. The number of hydrogen-bond acceptors (Lipinski definition) is 4. The number of furan rings is 1. The summed E-state index contributed by atoms with van der Waals surface area (Å²) in [5, 5.41) is 4.70. The molecular formula is C55H40N4O.